The van der Waals surface area contributed by atoms with Crippen molar-refractivity contribution in [2.45, 2.75) is 71.1 Å². The normalized spacial score (nSPS) is 19.9. The number of carbonyl (C=O) groups excluding carboxylic acids is 2. The quantitative estimate of drug-likeness (QED) is 0.722. The van der Waals surface area contributed by atoms with Crippen LogP contribution in [-0.2, 0) is 9.47 Å². The minimum Gasteiger partial charge on any atom is -0.465 e. The fraction of sp³-hybridized carbons (Fsp3) is 0.600. The van der Waals surface area contributed by atoms with E-state index >= 15 is 0 Å². The molecule has 7 heteroatoms. The van der Waals surface area contributed by atoms with Crippen LogP contribution in [0.15, 0.2) is 12.1 Å². The maximum Gasteiger partial charge on any atom is 0.407 e. The summed E-state index contributed by atoms with van der Waals surface area (Å²) in [6.07, 6.45) is 3.16. The first-order valence-electron chi connectivity index (χ1n) is 9.23. The Morgan fingerprint density at radius 3 is 2.26 bits per heavy atom. The number of hydrogen-bond donors (Lipinski definition) is 2. The van der Waals surface area contributed by atoms with Crippen LogP contribution >= 0.6 is 11.6 Å². The van der Waals surface area contributed by atoms with E-state index in [0.717, 1.165) is 36.9 Å². The number of ether oxygens (including phenoxy) is 2. The van der Waals surface area contributed by atoms with Crippen molar-refractivity contribution in [2.75, 3.05) is 12.4 Å². The van der Waals surface area contributed by atoms with E-state index < -0.39 is 11.6 Å². The van der Waals surface area contributed by atoms with Gasteiger partial charge < -0.3 is 20.1 Å². The zero-order chi connectivity index (χ0) is 20.2. The highest BCUT2D eigenvalue weighted by Crippen LogP contribution is 2.29. The highest BCUT2D eigenvalue weighted by atomic mass is 35.5. The lowest BCUT2D eigenvalue weighted by molar-refractivity contribution is 0.0491. The molecule has 1 saturated carbocycles. The molecule has 1 aliphatic carbocycles. The molecule has 0 aromatic heterocycles. The summed E-state index contributed by atoms with van der Waals surface area (Å²) < 4.78 is 10.1. The molecule has 0 aliphatic heterocycles. The molecule has 1 aromatic carbocycles. The van der Waals surface area contributed by atoms with E-state index in [1.54, 1.807) is 6.07 Å². The van der Waals surface area contributed by atoms with Crippen molar-refractivity contribution in [3.8, 4) is 0 Å². The molecule has 1 aromatic rings. The van der Waals surface area contributed by atoms with Crippen LogP contribution in [0.25, 0.3) is 0 Å². The minimum absolute atomic E-state index is 0.115. The van der Waals surface area contributed by atoms with Gasteiger partial charge in [0, 0.05) is 22.8 Å². The van der Waals surface area contributed by atoms with Gasteiger partial charge in [-0.15, -0.1) is 0 Å². The number of carbonyl (C=O) groups is 2. The number of nitrogens with one attached hydrogen (secondary N) is 2. The molecule has 0 heterocycles. The van der Waals surface area contributed by atoms with Crippen molar-refractivity contribution in [3.05, 3.63) is 28.3 Å². The third-order valence-corrected chi connectivity index (χ3v) is 4.80. The lowest BCUT2D eigenvalue weighted by Gasteiger charge is -2.31. The van der Waals surface area contributed by atoms with Gasteiger partial charge in [-0.1, -0.05) is 11.6 Å². The van der Waals surface area contributed by atoms with Crippen molar-refractivity contribution in [1.82, 2.24) is 5.32 Å². The van der Waals surface area contributed by atoms with E-state index in [-0.39, 0.29) is 18.2 Å². The molecule has 1 fully saturated rings. The SMILES string of the molecule is COC(=O)c1cc(Cl)cc(N[C@H]2CC[C@H](NC(=O)OC(C)(C)C)CC2)c1C. The molecule has 1 amide bonds. The molecule has 0 spiro atoms. The van der Waals surface area contributed by atoms with Crippen molar-refractivity contribution in [2.24, 2.45) is 0 Å². The van der Waals surface area contributed by atoms with E-state index in [0.29, 0.717) is 10.6 Å². The number of alkyl carbamates (subject to hydrolysis) is 1. The van der Waals surface area contributed by atoms with Crippen LogP contribution in [0.4, 0.5) is 10.5 Å². The molecule has 2 rings (SSSR count). The summed E-state index contributed by atoms with van der Waals surface area (Å²) in [5.74, 6) is -0.400. The molecule has 0 atom stereocenters. The van der Waals surface area contributed by atoms with E-state index in [1.165, 1.54) is 7.11 Å². The molecular weight excluding hydrogens is 368 g/mol. The molecule has 6 nitrogen and oxygen atoms in total. The van der Waals surface area contributed by atoms with Crippen molar-refractivity contribution < 1.29 is 19.1 Å². The molecule has 1 aliphatic rings. The first-order chi connectivity index (χ1) is 12.6. The van der Waals surface area contributed by atoms with Crippen molar-refractivity contribution in [1.29, 1.82) is 0 Å². The van der Waals surface area contributed by atoms with Gasteiger partial charge in [0.1, 0.15) is 5.60 Å². The Bertz CT molecular complexity index is 692. The van der Waals surface area contributed by atoms with E-state index in [9.17, 15) is 9.59 Å². The Morgan fingerprint density at radius 1 is 1.11 bits per heavy atom. The van der Waals surface area contributed by atoms with Crippen LogP contribution in [0.2, 0.25) is 5.02 Å². The molecule has 150 valence electrons. The molecule has 0 saturated heterocycles. The topological polar surface area (TPSA) is 76.7 Å². The van der Waals surface area contributed by atoms with Crippen LogP contribution in [-0.4, -0.2) is 36.9 Å². The Morgan fingerprint density at radius 2 is 1.70 bits per heavy atom. The van der Waals surface area contributed by atoms with Gasteiger partial charge in [-0.3, -0.25) is 0 Å². The van der Waals surface area contributed by atoms with Crippen molar-refractivity contribution >= 4 is 29.4 Å². The smallest absolute Gasteiger partial charge is 0.407 e. The summed E-state index contributed by atoms with van der Waals surface area (Å²) in [4.78, 5) is 23.8. The van der Waals surface area contributed by atoms with E-state index in [4.69, 9.17) is 21.1 Å². The van der Waals surface area contributed by atoms with Gasteiger partial charge in [-0.05, 0) is 71.1 Å². The predicted octanol–water partition coefficient (Wildman–Crippen LogP) is 4.68. The predicted molar refractivity (Wildman–Crippen MR) is 107 cm³/mol. The number of amides is 1. The van der Waals surface area contributed by atoms with Crippen LogP contribution in [0.1, 0.15) is 62.4 Å². The molecule has 0 bridgehead atoms. The fourth-order valence-electron chi connectivity index (χ4n) is 3.23. The Kier molecular flexibility index (Phi) is 6.98. The summed E-state index contributed by atoms with van der Waals surface area (Å²) in [7, 11) is 1.36. The van der Waals surface area contributed by atoms with Gasteiger partial charge in [-0.25, -0.2) is 9.59 Å². The summed E-state index contributed by atoms with van der Waals surface area (Å²) >= 11 is 6.16. The van der Waals surface area contributed by atoms with E-state index in [1.807, 2.05) is 33.8 Å². The van der Waals surface area contributed by atoms with Crippen LogP contribution in [0.5, 0.6) is 0 Å². The first kappa shape index (κ1) is 21.4. The highest BCUT2D eigenvalue weighted by Gasteiger charge is 2.25. The Labute approximate surface area is 165 Å². The maximum absolute atomic E-state index is 11.9. The molecular formula is C20H29ClN2O4. The number of hydrogen-bond acceptors (Lipinski definition) is 5. The number of esters is 1. The standard InChI is InChI=1S/C20H29ClN2O4/c1-12-16(18(24)26-5)10-13(21)11-17(12)22-14-6-8-15(9-7-14)23-19(25)27-20(2,3)4/h10-11,14-15,22H,6-9H2,1-5H3,(H,23,25)/t14-,15-. The van der Waals surface area contributed by atoms with Crippen LogP contribution < -0.4 is 10.6 Å². The lowest BCUT2D eigenvalue weighted by Crippen LogP contribution is -2.42. The summed E-state index contributed by atoms with van der Waals surface area (Å²) in [6.45, 7) is 7.43. The van der Waals surface area contributed by atoms with Gasteiger partial charge in [0.15, 0.2) is 0 Å². The van der Waals surface area contributed by atoms with Crippen LogP contribution in [0, 0.1) is 6.92 Å². The van der Waals surface area contributed by atoms with Gasteiger partial charge in [0.05, 0.1) is 12.7 Å². The summed E-state index contributed by atoms with van der Waals surface area (Å²) in [5.41, 5.74) is 1.63. The molecule has 0 unspecified atom stereocenters. The molecule has 27 heavy (non-hydrogen) atoms. The molecule has 0 radical (unpaired) electrons. The van der Waals surface area contributed by atoms with Crippen molar-refractivity contribution in [3.63, 3.8) is 0 Å². The third kappa shape index (κ3) is 6.31. The average molecular weight is 397 g/mol. The summed E-state index contributed by atoms with van der Waals surface area (Å²) in [5, 5.41) is 6.92. The Hall–Kier alpha value is -1.95. The minimum atomic E-state index is -0.496. The lowest BCUT2D eigenvalue weighted by atomic mass is 9.90. The second-order valence-electron chi connectivity index (χ2n) is 7.96. The third-order valence-electron chi connectivity index (χ3n) is 4.59. The average Bonchev–Trinajstić information content (AvgIpc) is 2.57. The Balaban J connectivity index is 1.93. The second-order valence-corrected chi connectivity index (χ2v) is 8.39. The number of halogens is 1. The molecule has 2 N–H and O–H groups in total. The number of benzene rings is 1. The van der Waals surface area contributed by atoms with Crippen LogP contribution in [0.3, 0.4) is 0 Å². The number of methoxy groups -OCH3 is 1. The summed E-state index contributed by atoms with van der Waals surface area (Å²) in [6, 6.07) is 3.82. The van der Waals surface area contributed by atoms with Gasteiger partial charge in [-0.2, -0.15) is 0 Å². The second kappa shape index (κ2) is 8.83. The zero-order valence-electron chi connectivity index (χ0n) is 16.6. The number of anilines is 1. The first-order valence-corrected chi connectivity index (χ1v) is 9.61. The monoisotopic (exact) mass is 396 g/mol. The van der Waals surface area contributed by atoms with Gasteiger partial charge in [0.2, 0.25) is 0 Å². The van der Waals surface area contributed by atoms with Gasteiger partial charge in [0.25, 0.3) is 0 Å². The maximum atomic E-state index is 11.9. The van der Waals surface area contributed by atoms with Gasteiger partial charge >= 0.3 is 12.1 Å². The zero-order valence-corrected chi connectivity index (χ0v) is 17.4. The highest BCUT2D eigenvalue weighted by molar-refractivity contribution is 6.31. The fourth-order valence-corrected chi connectivity index (χ4v) is 3.45. The number of rotatable bonds is 4. The van der Waals surface area contributed by atoms with E-state index in [2.05, 4.69) is 10.6 Å². The largest absolute Gasteiger partial charge is 0.465 e.